The van der Waals surface area contributed by atoms with Crippen molar-refractivity contribution in [2.24, 2.45) is 0 Å². The molecule has 1 amide bonds. The first kappa shape index (κ1) is 11.6. The standard InChI is InChI=1S/C15H15N3O/c1-10-6-7-11(8-12(10)16)18-9-15(19)17-13-4-2-3-5-14(13)18/h2-8H,9,16H2,1H3,(H,17,19). The zero-order valence-electron chi connectivity index (χ0n) is 10.7. The Morgan fingerprint density at radius 2 is 2.00 bits per heavy atom. The van der Waals surface area contributed by atoms with Gasteiger partial charge in [0.05, 0.1) is 11.4 Å². The molecular weight excluding hydrogens is 238 g/mol. The molecule has 1 aliphatic rings. The maximum absolute atomic E-state index is 11.8. The molecule has 2 aromatic carbocycles. The molecule has 4 nitrogen and oxygen atoms in total. The van der Waals surface area contributed by atoms with E-state index in [0.717, 1.165) is 28.3 Å². The van der Waals surface area contributed by atoms with Gasteiger partial charge in [-0.1, -0.05) is 18.2 Å². The molecule has 0 bridgehead atoms. The average molecular weight is 253 g/mol. The van der Waals surface area contributed by atoms with Crippen molar-refractivity contribution in [1.29, 1.82) is 0 Å². The lowest BCUT2D eigenvalue weighted by molar-refractivity contribution is -0.115. The first-order valence-corrected chi connectivity index (χ1v) is 6.18. The van der Waals surface area contributed by atoms with E-state index in [9.17, 15) is 4.79 Å². The van der Waals surface area contributed by atoms with Crippen molar-refractivity contribution >= 4 is 28.7 Å². The largest absolute Gasteiger partial charge is 0.398 e. The Bertz CT molecular complexity index is 652. The number of nitrogens with one attached hydrogen (secondary N) is 1. The van der Waals surface area contributed by atoms with E-state index in [2.05, 4.69) is 5.32 Å². The van der Waals surface area contributed by atoms with E-state index in [1.165, 1.54) is 0 Å². The lowest BCUT2D eigenvalue weighted by atomic mass is 10.1. The lowest BCUT2D eigenvalue weighted by Gasteiger charge is -2.31. The van der Waals surface area contributed by atoms with E-state index in [-0.39, 0.29) is 5.91 Å². The van der Waals surface area contributed by atoms with Gasteiger partial charge in [-0.05, 0) is 36.8 Å². The molecule has 96 valence electrons. The van der Waals surface area contributed by atoms with Gasteiger partial charge in [0.15, 0.2) is 0 Å². The van der Waals surface area contributed by atoms with Gasteiger partial charge >= 0.3 is 0 Å². The van der Waals surface area contributed by atoms with Gasteiger partial charge in [-0.15, -0.1) is 0 Å². The second-order valence-electron chi connectivity index (χ2n) is 4.69. The Labute approximate surface area is 111 Å². The number of hydrogen-bond acceptors (Lipinski definition) is 3. The number of hydrogen-bond donors (Lipinski definition) is 2. The zero-order valence-corrected chi connectivity index (χ0v) is 10.7. The van der Waals surface area contributed by atoms with Crippen molar-refractivity contribution in [1.82, 2.24) is 0 Å². The highest BCUT2D eigenvalue weighted by Gasteiger charge is 2.22. The van der Waals surface area contributed by atoms with Gasteiger partial charge in [0.25, 0.3) is 0 Å². The topological polar surface area (TPSA) is 58.4 Å². The molecule has 0 atom stereocenters. The summed E-state index contributed by atoms with van der Waals surface area (Å²) in [6.07, 6.45) is 0. The maximum Gasteiger partial charge on any atom is 0.244 e. The van der Waals surface area contributed by atoms with Crippen LogP contribution in [0.1, 0.15) is 5.56 Å². The third-order valence-electron chi connectivity index (χ3n) is 3.35. The second kappa shape index (κ2) is 4.31. The predicted octanol–water partition coefficient (Wildman–Crippen LogP) is 2.67. The number of carbonyl (C=O) groups is 1. The average Bonchev–Trinajstić information content (AvgIpc) is 2.41. The summed E-state index contributed by atoms with van der Waals surface area (Å²) >= 11 is 0. The van der Waals surface area contributed by atoms with Gasteiger partial charge in [0, 0.05) is 11.4 Å². The summed E-state index contributed by atoms with van der Waals surface area (Å²) in [5, 5.41) is 2.87. The Hall–Kier alpha value is -2.49. The van der Waals surface area contributed by atoms with E-state index in [1.54, 1.807) is 0 Å². The number of amides is 1. The number of fused-ring (bicyclic) bond motifs is 1. The molecule has 0 saturated carbocycles. The number of aryl methyl sites for hydroxylation is 1. The minimum atomic E-state index is -0.0159. The smallest absolute Gasteiger partial charge is 0.244 e. The molecule has 0 radical (unpaired) electrons. The highest BCUT2D eigenvalue weighted by molar-refractivity contribution is 6.03. The van der Waals surface area contributed by atoms with Crippen molar-refractivity contribution in [3.63, 3.8) is 0 Å². The molecule has 3 N–H and O–H groups in total. The van der Waals surface area contributed by atoms with Crippen LogP contribution in [0, 0.1) is 6.92 Å². The molecule has 1 heterocycles. The first-order chi connectivity index (χ1) is 9.15. The first-order valence-electron chi connectivity index (χ1n) is 6.18. The van der Waals surface area contributed by atoms with Gasteiger partial charge in [0.2, 0.25) is 5.91 Å². The molecule has 4 heteroatoms. The van der Waals surface area contributed by atoms with Crippen LogP contribution in [0.3, 0.4) is 0 Å². The van der Waals surface area contributed by atoms with Crippen LogP contribution in [0.4, 0.5) is 22.7 Å². The molecule has 0 unspecified atom stereocenters. The van der Waals surface area contributed by atoms with E-state index >= 15 is 0 Å². The second-order valence-corrected chi connectivity index (χ2v) is 4.69. The number of nitrogens with zero attached hydrogens (tertiary/aromatic N) is 1. The molecule has 1 aliphatic heterocycles. The van der Waals surface area contributed by atoms with Crippen molar-refractivity contribution in [2.75, 3.05) is 22.5 Å². The summed E-state index contributed by atoms with van der Waals surface area (Å²) in [5.41, 5.74) is 10.5. The fourth-order valence-electron chi connectivity index (χ4n) is 2.26. The van der Waals surface area contributed by atoms with E-state index in [4.69, 9.17) is 5.73 Å². The number of benzene rings is 2. The molecule has 0 aromatic heterocycles. The molecule has 0 aliphatic carbocycles. The van der Waals surface area contributed by atoms with Crippen molar-refractivity contribution in [3.8, 4) is 0 Å². The van der Waals surface area contributed by atoms with E-state index < -0.39 is 0 Å². The highest BCUT2D eigenvalue weighted by Crippen LogP contribution is 2.35. The van der Waals surface area contributed by atoms with Crippen LogP contribution >= 0.6 is 0 Å². The summed E-state index contributed by atoms with van der Waals surface area (Å²) < 4.78 is 0. The van der Waals surface area contributed by atoms with Crippen LogP contribution in [-0.4, -0.2) is 12.5 Å². The van der Waals surface area contributed by atoms with Crippen molar-refractivity contribution < 1.29 is 4.79 Å². The Morgan fingerprint density at radius 1 is 1.21 bits per heavy atom. The molecular formula is C15H15N3O. The molecule has 0 saturated heterocycles. The zero-order chi connectivity index (χ0) is 13.4. The number of anilines is 4. The van der Waals surface area contributed by atoms with Crippen molar-refractivity contribution in [2.45, 2.75) is 6.92 Å². The van der Waals surface area contributed by atoms with Crippen LogP contribution < -0.4 is 16.0 Å². The van der Waals surface area contributed by atoms with Gasteiger partial charge in [-0.3, -0.25) is 4.79 Å². The van der Waals surface area contributed by atoms with Crippen LogP contribution in [0.15, 0.2) is 42.5 Å². The number of nitrogen functional groups attached to an aromatic ring is 1. The Balaban J connectivity index is 2.09. The quantitative estimate of drug-likeness (QED) is 0.768. The van der Waals surface area contributed by atoms with E-state index in [1.807, 2.05) is 54.3 Å². The minimum Gasteiger partial charge on any atom is -0.398 e. The fourth-order valence-corrected chi connectivity index (χ4v) is 2.26. The molecule has 0 fully saturated rings. The summed E-state index contributed by atoms with van der Waals surface area (Å²) in [5.74, 6) is -0.0159. The maximum atomic E-state index is 11.8. The minimum absolute atomic E-state index is 0.0159. The molecule has 0 spiro atoms. The van der Waals surface area contributed by atoms with Crippen LogP contribution in [0.5, 0.6) is 0 Å². The Morgan fingerprint density at radius 3 is 2.79 bits per heavy atom. The third-order valence-corrected chi connectivity index (χ3v) is 3.35. The normalized spacial score (nSPS) is 13.9. The van der Waals surface area contributed by atoms with Crippen LogP contribution in [0.25, 0.3) is 0 Å². The van der Waals surface area contributed by atoms with Gasteiger partial charge in [-0.2, -0.15) is 0 Å². The Kier molecular flexibility index (Phi) is 2.63. The summed E-state index contributed by atoms with van der Waals surface area (Å²) in [4.78, 5) is 13.8. The predicted molar refractivity (Wildman–Crippen MR) is 77.7 cm³/mol. The fraction of sp³-hybridized carbons (Fsp3) is 0.133. The SMILES string of the molecule is Cc1ccc(N2CC(=O)Nc3ccccc32)cc1N. The summed E-state index contributed by atoms with van der Waals surface area (Å²) in [7, 11) is 0. The van der Waals surface area contributed by atoms with Gasteiger partial charge in [-0.25, -0.2) is 0 Å². The summed E-state index contributed by atoms with van der Waals surface area (Å²) in [6.45, 7) is 2.27. The highest BCUT2D eigenvalue weighted by atomic mass is 16.2. The van der Waals surface area contributed by atoms with Crippen LogP contribution in [-0.2, 0) is 4.79 Å². The van der Waals surface area contributed by atoms with Crippen LogP contribution in [0.2, 0.25) is 0 Å². The van der Waals surface area contributed by atoms with Gasteiger partial charge < -0.3 is 16.0 Å². The molecule has 3 rings (SSSR count). The number of rotatable bonds is 1. The van der Waals surface area contributed by atoms with E-state index in [0.29, 0.717) is 6.54 Å². The lowest BCUT2D eigenvalue weighted by Crippen LogP contribution is -2.35. The number of carbonyl (C=O) groups excluding carboxylic acids is 1. The number of para-hydroxylation sites is 2. The monoisotopic (exact) mass is 253 g/mol. The molecule has 19 heavy (non-hydrogen) atoms. The van der Waals surface area contributed by atoms with Crippen molar-refractivity contribution in [3.05, 3.63) is 48.0 Å². The van der Waals surface area contributed by atoms with Gasteiger partial charge in [0.1, 0.15) is 6.54 Å². The third kappa shape index (κ3) is 2.01. The molecule has 2 aromatic rings. The summed E-state index contributed by atoms with van der Waals surface area (Å²) in [6, 6.07) is 13.6. The number of nitrogens with two attached hydrogens (primary N) is 1.